The van der Waals surface area contributed by atoms with E-state index in [0.717, 1.165) is 18.1 Å². The molecule has 6 heteroatoms. The molecule has 0 amide bonds. The van der Waals surface area contributed by atoms with Gasteiger partial charge in [0.25, 0.3) is 0 Å². The number of carbonyl (C=O) groups excluding carboxylic acids is 1. The fourth-order valence-corrected chi connectivity index (χ4v) is 7.92. The lowest BCUT2D eigenvalue weighted by atomic mass is 9.70. The summed E-state index contributed by atoms with van der Waals surface area (Å²) in [6.07, 6.45) is 6.42. The van der Waals surface area contributed by atoms with Crippen LogP contribution in [0.5, 0.6) is 0 Å². The Morgan fingerprint density at radius 3 is 2.53 bits per heavy atom. The molecule has 2 aliphatic carbocycles. The number of fused-ring (bicyclic) bond motifs is 1. The Balaban J connectivity index is 1.89. The van der Waals surface area contributed by atoms with Gasteiger partial charge in [-0.05, 0) is 55.4 Å². The molecule has 0 aromatic rings. The summed E-state index contributed by atoms with van der Waals surface area (Å²) in [6, 6.07) is 2.45. The van der Waals surface area contributed by atoms with Crippen LogP contribution in [0.4, 0.5) is 0 Å². The van der Waals surface area contributed by atoms with Crippen LogP contribution in [0, 0.1) is 23.7 Å². The van der Waals surface area contributed by atoms with Crippen molar-refractivity contribution in [3.8, 4) is 23.7 Å². The molecule has 4 aliphatic rings. The smallest absolute Gasteiger partial charge is 0.192 e. The van der Waals surface area contributed by atoms with Crippen LogP contribution in [0.25, 0.3) is 0 Å². The second-order valence-corrected chi connectivity index (χ2v) is 12.9. The average molecular weight is 422 g/mol. The molecule has 2 heterocycles. The van der Waals surface area contributed by atoms with Crippen molar-refractivity contribution in [2.75, 3.05) is 0 Å². The number of rotatable bonds is 6. The zero-order chi connectivity index (χ0) is 21.6. The summed E-state index contributed by atoms with van der Waals surface area (Å²) in [6.45, 7) is 8.52. The summed E-state index contributed by atoms with van der Waals surface area (Å²) in [5.41, 5.74) is -0.981. The van der Waals surface area contributed by atoms with Crippen LogP contribution in [0.2, 0.25) is 18.1 Å². The van der Waals surface area contributed by atoms with Gasteiger partial charge >= 0.3 is 0 Å². The highest BCUT2D eigenvalue weighted by atomic mass is 28.4. The third-order valence-electron chi connectivity index (χ3n) is 6.95. The number of ketones is 1. The maximum absolute atomic E-state index is 12.2. The highest BCUT2D eigenvalue weighted by Crippen LogP contribution is 2.63. The molecule has 5 nitrogen and oxygen atoms in total. The third kappa shape index (κ3) is 2.83. The molecule has 0 aromatic carbocycles. The van der Waals surface area contributed by atoms with Gasteiger partial charge in [-0.2, -0.15) is 0 Å². The van der Waals surface area contributed by atoms with Gasteiger partial charge in [0.15, 0.2) is 31.4 Å². The second kappa shape index (κ2) is 7.48. The maximum atomic E-state index is 12.2. The predicted octanol–water partition coefficient (Wildman–Crippen LogP) is 2.73. The lowest BCUT2D eigenvalue weighted by Gasteiger charge is -2.39. The maximum Gasteiger partial charge on any atom is 0.192 e. The third-order valence-corrected chi connectivity index (χ3v) is 11.7. The molecule has 30 heavy (non-hydrogen) atoms. The molecule has 0 unspecified atom stereocenters. The molecule has 1 N–H and O–H groups in total. The molecule has 0 spiro atoms. The number of epoxide rings is 1. The van der Waals surface area contributed by atoms with Crippen LogP contribution < -0.4 is 0 Å². The molecule has 2 bridgehead atoms. The Labute approximate surface area is 179 Å². The fourth-order valence-electron chi connectivity index (χ4n) is 4.99. The van der Waals surface area contributed by atoms with Gasteiger partial charge < -0.3 is 14.3 Å². The highest BCUT2D eigenvalue weighted by Gasteiger charge is 2.83. The molecule has 0 saturated carbocycles. The fraction of sp³-hybridized carbons (Fsp3) is 0.500. The van der Waals surface area contributed by atoms with E-state index in [1.165, 1.54) is 12.2 Å². The molecule has 0 aromatic heterocycles. The van der Waals surface area contributed by atoms with E-state index in [1.807, 2.05) is 6.92 Å². The number of aliphatic hydroxyl groups excluding tert-OH is 1. The first-order valence-corrected chi connectivity index (χ1v) is 13.2. The first kappa shape index (κ1) is 21.0. The van der Waals surface area contributed by atoms with E-state index in [0.29, 0.717) is 11.3 Å². The van der Waals surface area contributed by atoms with Crippen molar-refractivity contribution in [1.29, 1.82) is 0 Å². The van der Waals surface area contributed by atoms with Gasteiger partial charge in [0, 0.05) is 5.57 Å². The minimum Gasteiger partial charge on any atom is -0.411 e. The molecule has 156 valence electrons. The minimum absolute atomic E-state index is 0.155. The van der Waals surface area contributed by atoms with Crippen molar-refractivity contribution in [2.24, 2.45) is 4.99 Å². The summed E-state index contributed by atoms with van der Waals surface area (Å²) in [4.78, 5) is 17.0. The van der Waals surface area contributed by atoms with Gasteiger partial charge in [0.05, 0.1) is 11.8 Å². The van der Waals surface area contributed by atoms with Crippen LogP contribution in [-0.4, -0.2) is 54.4 Å². The lowest BCUT2D eigenvalue weighted by molar-refractivity contribution is -0.110. The van der Waals surface area contributed by atoms with Gasteiger partial charge in [0.1, 0.15) is 6.04 Å². The molecular formula is C24H27NO4Si. The van der Waals surface area contributed by atoms with E-state index in [9.17, 15) is 9.90 Å². The van der Waals surface area contributed by atoms with Crippen LogP contribution in [0.3, 0.4) is 0 Å². The molecule has 1 saturated heterocycles. The average Bonchev–Trinajstić information content (AvgIpc) is 3.48. The first-order valence-electron chi connectivity index (χ1n) is 10.6. The highest BCUT2D eigenvalue weighted by molar-refractivity contribution is 6.73. The number of allylic oxidation sites excluding steroid dienone is 5. The minimum atomic E-state index is -1.98. The van der Waals surface area contributed by atoms with Gasteiger partial charge in [-0.25, -0.2) is 0 Å². The normalized spacial score (nSPS) is 35.3. The zero-order valence-corrected chi connectivity index (χ0v) is 18.9. The van der Waals surface area contributed by atoms with Crippen LogP contribution in [-0.2, 0) is 14.0 Å². The number of carbonyl (C=O) groups is 1. The Bertz CT molecular complexity index is 1010. The lowest BCUT2D eigenvalue weighted by Crippen LogP contribution is -2.57. The summed E-state index contributed by atoms with van der Waals surface area (Å²) in [5.74, 6) is 11.8. The number of hydrogen-bond donors (Lipinski definition) is 1. The van der Waals surface area contributed by atoms with Crippen LogP contribution >= 0.6 is 0 Å². The zero-order valence-electron chi connectivity index (χ0n) is 17.9. The monoisotopic (exact) mass is 421 g/mol. The van der Waals surface area contributed by atoms with Crippen molar-refractivity contribution in [3.05, 3.63) is 36.0 Å². The van der Waals surface area contributed by atoms with Gasteiger partial charge in [-0.3, -0.25) is 9.79 Å². The Hall–Kier alpha value is -2.22. The Morgan fingerprint density at radius 2 is 1.87 bits per heavy atom. The van der Waals surface area contributed by atoms with E-state index in [2.05, 4.69) is 44.5 Å². The topological polar surface area (TPSA) is 71.4 Å². The number of aliphatic imine (C=N–C) groups is 1. The molecule has 4 rings (SSSR count). The quantitative estimate of drug-likeness (QED) is 0.310. The Kier molecular flexibility index (Phi) is 5.24. The molecule has 0 radical (unpaired) electrons. The first-order chi connectivity index (χ1) is 14.4. The number of hydrogen-bond acceptors (Lipinski definition) is 5. The Morgan fingerprint density at radius 1 is 1.20 bits per heavy atom. The molecule has 2 aliphatic heterocycles. The predicted molar refractivity (Wildman–Crippen MR) is 118 cm³/mol. The number of ether oxygens (including phenoxy) is 1. The molecule has 1 fully saturated rings. The van der Waals surface area contributed by atoms with Crippen molar-refractivity contribution in [1.82, 2.24) is 0 Å². The largest absolute Gasteiger partial charge is 0.411 e. The summed E-state index contributed by atoms with van der Waals surface area (Å²) >= 11 is 0. The van der Waals surface area contributed by atoms with E-state index in [1.54, 1.807) is 18.2 Å². The standard InChI is InChI=1S/C24H27NO4Si/c1-5-30(6-2,7-3)28-17(4)23-21-12-10-8-9-11-13-22(27)24(23,29-23)19-16-18(26)14-15-20(19)25-21/h8-9,14-17,21-22,27H,5-7H2,1-4H3/b9-8-/t17-,21-,22-,23-,24-/m0/s1. The summed E-state index contributed by atoms with van der Waals surface area (Å²) in [5, 5.41) is 11.2. The molecular weight excluding hydrogens is 394 g/mol. The van der Waals surface area contributed by atoms with E-state index in [4.69, 9.17) is 14.2 Å². The number of aliphatic hydroxyl groups is 1. The summed E-state index contributed by atoms with van der Waals surface area (Å²) < 4.78 is 13.3. The van der Waals surface area contributed by atoms with Crippen molar-refractivity contribution in [2.45, 2.75) is 75.3 Å². The van der Waals surface area contributed by atoms with Crippen molar-refractivity contribution >= 4 is 19.8 Å². The second-order valence-electron chi connectivity index (χ2n) is 8.16. The van der Waals surface area contributed by atoms with Crippen LogP contribution in [0.15, 0.2) is 40.9 Å². The van der Waals surface area contributed by atoms with Crippen LogP contribution in [0.1, 0.15) is 27.7 Å². The van der Waals surface area contributed by atoms with Crippen molar-refractivity contribution in [3.63, 3.8) is 0 Å². The van der Waals surface area contributed by atoms with E-state index < -0.39 is 31.7 Å². The van der Waals surface area contributed by atoms with Gasteiger partial charge in [0.2, 0.25) is 0 Å². The number of nitrogens with zero attached hydrogens (tertiary/aromatic N) is 1. The van der Waals surface area contributed by atoms with E-state index >= 15 is 0 Å². The van der Waals surface area contributed by atoms with Crippen molar-refractivity contribution < 1.29 is 19.1 Å². The van der Waals surface area contributed by atoms with Gasteiger partial charge in [-0.15, -0.1) is 0 Å². The van der Waals surface area contributed by atoms with Gasteiger partial charge in [-0.1, -0.05) is 44.5 Å². The van der Waals surface area contributed by atoms with E-state index in [-0.39, 0.29) is 11.9 Å². The SMILES string of the molecule is CC[Si](CC)(CC)O[C@@H](C)[C@@]12O[C@]13C1=CC(=O)C=CC1=N[C@H]2C#C/C=C\C#C[C@@H]3O. The summed E-state index contributed by atoms with van der Waals surface area (Å²) in [7, 11) is -1.98. The molecule has 5 atom stereocenters.